The summed E-state index contributed by atoms with van der Waals surface area (Å²) in [5.41, 5.74) is 1.30. The minimum Gasteiger partial charge on any atom is -0.451 e. The number of fused-ring (bicyclic) bond motifs is 1. The minimum absolute atomic E-state index is 0.0459. The van der Waals surface area contributed by atoms with Crippen LogP contribution in [0.4, 0.5) is 0 Å². The molecule has 1 heterocycles. The van der Waals surface area contributed by atoms with Gasteiger partial charge < -0.3 is 9.73 Å². The van der Waals surface area contributed by atoms with Crippen LogP contribution < -0.4 is 10.7 Å². The molecule has 1 amide bonds. The Hall–Kier alpha value is -2.88. The van der Waals surface area contributed by atoms with Crippen molar-refractivity contribution >= 4 is 16.9 Å². The van der Waals surface area contributed by atoms with Gasteiger partial charge in [0.25, 0.3) is 5.91 Å². The normalized spacial score (nSPS) is 15.2. The maximum atomic E-state index is 12.6. The van der Waals surface area contributed by atoms with Gasteiger partial charge in [0.1, 0.15) is 5.58 Å². The number of amides is 1. The van der Waals surface area contributed by atoms with E-state index in [9.17, 15) is 9.59 Å². The highest BCUT2D eigenvalue weighted by Gasteiger charge is 2.33. The number of carbonyl (C=O) groups excluding carboxylic acids is 1. The quantitative estimate of drug-likeness (QED) is 0.798. The molecule has 0 bridgehead atoms. The Bertz CT molecular complexity index is 942. The van der Waals surface area contributed by atoms with Gasteiger partial charge in [0.2, 0.25) is 0 Å². The molecule has 120 valence electrons. The van der Waals surface area contributed by atoms with E-state index in [4.69, 9.17) is 4.42 Å². The minimum atomic E-state index is -0.349. The summed E-state index contributed by atoms with van der Waals surface area (Å²) in [5, 5.41) is 3.51. The Morgan fingerprint density at radius 1 is 1.04 bits per heavy atom. The standard InChI is InChI=1S/C20H17NO3/c22-16-12-18(24-17-9-5-4-8-15(16)17)20(23)21-19(14-10-11-14)13-6-2-1-3-7-13/h1-9,12,14,19H,10-11H2,(H,21,23). The van der Waals surface area contributed by atoms with Crippen LogP contribution in [0.15, 0.2) is 69.9 Å². The second-order valence-electron chi connectivity index (χ2n) is 6.17. The van der Waals surface area contributed by atoms with E-state index >= 15 is 0 Å². The molecule has 1 unspecified atom stereocenters. The fourth-order valence-corrected chi connectivity index (χ4v) is 2.99. The molecule has 1 saturated carbocycles. The molecule has 1 aromatic heterocycles. The Balaban J connectivity index is 1.65. The van der Waals surface area contributed by atoms with Crippen molar-refractivity contribution in [3.05, 3.63) is 82.2 Å². The molecular weight excluding hydrogens is 302 g/mol. The summed E-state index contributed by atoms with van der Waals surface area (Å²) in [4.78, 5) is 24.8. The first-order valence-electron chi connectivity index (χ1n) is 8.11. The van der Waals surface area contributed by atoms with Crippen LogP contribution in [-0.4, -0.2) is 5.91 Å². The van der Waals surface area contributed by atoms with E-state index in [1.54, 1.807) is 24.3 Å². The molecule has 1 fully saturated rings. The molecule has 1 atom stereocenters. The highest BCUT2D eigenvalue weighted by atomic mass is 16.3. The van der Waals surface area contributed by atoms with Crippen LogP contribution in [0.2, 0.25) is 0 Å². The van der Waals surface area contributed by atoms with Crippen LogP contribution in [0, 0.1) is 5.92 Å². The summed E-state index contributed by atoms with van der Waals surface area (Å²) in [6.07, 6.45) is 2.20. The predicted octanol–water partition coefficient (Wildman–Crippen LogP) is 3.67. The van der Waals surface area contributed by atoms with Crippen molar-refractivity contribution in [2.45, 2.75) is 18.9 Å². The van der Waals surface area contributed by atoms with Crippen LogP contribution in [0.1, 0.15) is 35.0 Å². The lowest BCUT2D eigenvalue weighted by Gasteiger charge is -2.18. The second kappa shape index (κ2) is 5.96. The molecular formula is C20H17NO3. The SMILES string of the molecule is O=C(NC(c1ccccc1)C1CC1)c1cc(=O)c2ccccc2o1. The van der Waals surface area contributed by atoms with Gasteiger partial charge in [-0.3, -0.25) is 9.59 Å². The smallest absolute Gasteiger partial charge is 0.287 e. The molecule has 3 aromatic rings. The summed E-state index contributed by atoms with van der Waals surface area (Å²) < 4.78 is 5.63. The predicted molar refractivity (Wildman–Crippen MR) is 91.9 cm³/mol. The largest absolute Gasteiger partial charge is 0.451 e. The third-order valence-corrected chi connectivity index (χ3v) is 4.40. The van der Waals surface area contributed by atoms with Gasteiger partial charge >= 0.3 is 0 Å². The van der Waals surface area contributed by atoms with Crippen molar-refractivity contribution in [1.82, 2.24) is 5.32 Å². The summed E-state index contributed by atoms with van der Waals surface area (Å²) in [6, 6.07) is 18.1. The number of hydrogen-bond donors (Lipinski definition) is 1. The highest BCUT2D eigenvalue weighted by molar-refractivity contribution is 5.93. The van der Waals surface area contributed by atoms with Crippen molar-refractivity contribution < 1.29 is 9.21 Å². The maximum absolute atomic E-state index is 12.6. The molecule has 1 N–H and O–H groups in total. The summed E-state index contributed by atoms with van der Waals surface area (Å²) in [6.45, 7) is 0. The lowest BCUT2D eigenvalue weighted by atomic mass is 10.0. The maximum Gasteiger partial charge on any atom is 0.287 e. The van der Waals surface area contributed by atoms with Crippen molar-refractivity contribution in [2.24, 2.45) is 5.92 Å². The first-order valence-corrected chi connectivity index (χ1v) is 8.11. The van der Waals surface area contributed by atoms with Crippen molar-refractivity contribution in [3.63, 3.8) is 0 Å². The van der Waals surface area contributed by atoms with E-state index in [2.05, 4.69) is 5.32 Å². The number of benzene rings is 2. The van der Waals surface area contributed by atoms with Gasteiger partial charge in [0, 0.05) is 6.07 Å². The summed E-state index contributed by atoms with van der Waals surface area (Å²) in [5.74, 6) is 0.155. The molecule has 24 heavy (non-hydrogen) atoms. The first kappa shape index (κ1) is 14.7. The lowest BCUT2D eigenvalue weighted by molar-refractivity contribution is 0.0904. The molecule has 4 nitrogen and oxygen atoms in total. The van der Waals surface area contributed by atoms with Gasteiger partial charge in [0.05, 0.1) is 11.4 Å². The fraction of sp³-hybridized carbons (Fsp3) is 0.200. The monoisotopic (exact) mass is 319 g/mol. The number of nitrogens with one attached hydrogen (secondary N) is 1. The van der Waals surface area contributed by atoms with Gasteiger partial charge in [-0.25, -0.2) is 0 Å². The summed E-state index contributed by atoms with van der Waals surface area (Å²) >= 11 is 0. The topological polar surface area (TPSA) is 59.3 Å². The van der Waals surface area contributed by atoms with E-state index < -0.39 is 0 Å². The van der Waals surface area contributed by atoms with Crippen LogP contribution >= 0.6 is 0 Å². The van der Waals surface area contributed by atoms with Crippen LogP contribution in [0.3, 0.4) is 0 Å². The zero-order valence-electron chi connectivity index (χ0n) is 13.1. The summed E-state index contributed by atoms with van der Waals surface area (Å²) in [7, 11) is 0. The average molecular weight is 319 g/mol. The molecule has 0 aliphatic heterocycles. The van der Waals surface area contributed by atoms with Gasteiger partial charge in [0.15, 0.2) is 11.2 Å². The van der Waals surface area contributed by atoms with Crippen molar-refractivity contribution in [3.8, 4) is 0 Å². The van der Waals surface area contributed by atoms with E-state index in [1.807, 2.05) is 30.3 Å². The molecule has 4 heteroatoms. The van der Waals surface area contributed by atoms with Crippen molar-refractivity contribution in [1.29, 1.82) is 0 Å². The van der Waals surface area contributed by atoms with Crippen LogP contribution in [0.5, 0.6) is 0 Å². The third-order valence-electron chi connectivity index (χ3n) is 4.40. The second-order valence-corrected chi connectivity index (χ2v) is 6.17. The van der Waals surface area contributed by atoms with Crippen LogP contribution in [-0.2, 0) is 0 Å². The number of hydrogen-bond acceptors (Lipinski definition) is 3. The molecule has 1 aliphatic rings. The third kappa shape index (κ3) is 2.83. The van der Waals surface area contributed by atoms with Gasteiger partial charge in [-0.05, 0) is 36.5 Å². The zero-order chi connectivity index (χ0) is 16.5. The lowest BCUT2D eigenvalue weighted by Crippen LogP contribution is -2.30. The Labute approximate surface area is 139 Å². The zero-order valence-corrected chi connectivity index (χ0v) is 13.1. The number of carbonyl (C=O) groups is 1. The highest BCUT2D eigenvalue weighted by Crippen LogP contribution is 2.41. The van der Waals surface area contributed by atoms with E-state index in [0.29, 0.717) is 16.9 Å². The molecule has 1 aliphatic carbocycles. The molecule has 2 aromatic carbocycles. The number of rotatable bonds is 4. The van der Waals surface area contributed by atoms with E-state index in [0.717, 1.165) is 18.4 Å². The van der Waals surface area contributed by atoms with E-state index in [1.165, 1.54) is 6.07 Å². The van der Waals surface area contributed by atoms with Crippen LogP contribution in [0.25, 0.3) is 11.0 Å². The van der Waals surface area contributed by atoms with Gasteiger partial charge in [-0.1, -0.05) is 42.5 Å². The fourth-order valence-electron chi connectivity index (χ4n) is 2.99. The molecule has 0 spiro atoms. The average Bonchev–Trinajstić information content (AvgIpc) is 3.45. The number of para-hydroxylation sites is 1. The van der Waals surface area contributed by atoms with E-state index in [-0.39, 0.29) is 23.1 Å². The van der Waals surface area contributed by atoms with Gasteiger partial charge in [-0.2, -0.15) is 0 Å². The Kier molecular flexibility index (Phi) is 3.65. The molecule has 0 saturated heterocycles. The molecule has 4 rings (SSSR count). The molecule has 0 radical (unpaired) electrons. The Morgan fingerprint density at radius 3 is 2.50 bits per heavy atom. The van der Waals surface area contributed by atoms with Gasteiger partial charge in [-0.15, -0.1) is 0 Å². The first-order chi connectivity index (χ1) is 11.7. The van der Waals surface area contributed by atoms with Crippen molar-refractivity contribution in [2.75, 3.05) is 0 Å². The Morgan fingerprint density at radius 2 is 1.75 bits per heavy atom.